The Morgan fingerprint density at radius 1 is 1.08 bits per heavy atom. The number of nitrogens with one attached hydrogen (secondary N) is 1. The van der Waals surface area contributed by atoms with Crippen LogP contribution in [0.3, 0.4) is 0 Å². The predicted molar refractivity (Wildman–Crippen MR) is 93.5 cm³/mol. The van der Waals surface area contributed by atoms with Crippen molar-refractivity contribution in [3.63, 3.8) is 0 Å². The molecule has 128 valence electrons. The first kappa shape index (κ1) is 15.9. The molecule has 0 atom stereocenters. The van der Waals surface area contributed by atoms with Gasteiger partial charge in [-0.1, -0.05) is 0 Å². The average Bonchev–Trinajstić information content (AvgIpc) is 3.04. The zero-order chi connectivity index (χ0) is 17.1. The number of nitrogens with zero attached hydrogens (tertiary/aromatic N) is 6. The molecule has 1 aliphatic heterocycles. The van der Waals surface area contributed by atoms with E-state index in [-0.39, 0.29) is 0 Å². The van der Waals surface area contributed by atoms with E-state index in [1.165, 1.54) is 4.90 Å². The summed E-state index contributed by atoms with van der Waals surface area (Å²) >= 11 is 5.32. The van der Waals surface area contributed by atoms with Crippen molar-refractivity contribution >= 4 is 18.2 Å². The molecule has 4 heterocycles. The molecule has 1 fully saturated rings. The van der Waals surface area contributed by atoms with Gasteiger partial charge in [0.25, 0.3) is 4.84 Å². The van der Waals surface area contributed by atoms with Gasteiger partial charge in [-0.15, -0.1) is 5.10 Å². The number of hydrogen-bond acceptors (Lipinski definition) is 7. The van der Waals surface area contributed by atoms with Crippen LogP contribution in [0.1, 0.15) is 0 Å². The lowest BCUT2D eigenvalue weighted by molar-refractivity contribution is -0.924. The highest BCUT2D eigenvalue weighted by Gasteiger charge is 2.22. The normalized spacial score (nSPS) is 15.4. The third-order valence-corrected chi connectivity index (χ3v) is 4.51. The molecule has 4 rings (SSSR count). The van der Waals surface area contributed by atoms with E-state index in [4.69, 9.17) is 16.6 Å². The van der Waals surface area contributed by atoms with Gasteiger partial charge in [-0.05, 0) is 30.4 Å². The van der Waals surface area contributed by atoms with E-state index in [2.05, 4.69) is 25.0 Å². The minimum absolute atomic E-state index is 0.396. The Morgan fingerprint density at radius 3 is 2.52 bits per heavy atom. The number of aromatic nitrogens is 5. The van der Waals surface area contributed by atoms with Crippen molar-refractivity contribution in [3.05, 3.63) is 47.8 Å². The summed E-state index contributed by atoms with van der Waals surface area (Å²) in [5.41, 5.74) is 0.876. The molecule has 3 aromatic rings. The molecule has 9 heteroatoms. The number of quaternary nitrogens is 1. The number of hydrogen-bond donors (Lipinski definition) is 1. The van der Waals surface area contributed by atoms with Crippen LogP contribution in [-0.4, -0.2) is 50.9 Å². The van der Waals surface area contributed by atoms with E-state index in [0.717, 1.165) is 37.7 Å². The summed E-state index contributed by atoms with van der Waals surface area (Å²) in [6.07, 6.45) is 6.97. The Balaban J connectivity index is 1.41. The number of anilines is 1. The quantitative estimate of drug-likeness (QED) is 0.679. The summed E-state index contributed by atoms with van der Waals surface area (Å²) in [6, 6.07) is 5.55. The van der Waals surface area contributed by atoms with Gasteiger partial charge in [0, 0.05) is 30.4 Å². The molecule has 1 N–H and O–H groups in total. The Hall–Kier alpha value is -2.65. The molecule has 8 nitrogen and oxygen atoms in total. The number of pyridine rings is 1. The Labute approximate surface area is 149 Å². The lowest BCUT2D eigenvalue weighted by atomic mass is 10.3. The number of piperazine rings is 1. The topological polar surface area (TPSA) is 77.3 Å². The maximum absolute atomic E-state index is 5.63. The van der Waals surface area contributed by atoms with Crippen LogP contribution >= 0.6 is 12.2 Å². The Bertz CT molecular complexity index is 872. The summed E-state index contributed by atoms with van der Waals surface area (Å²) in [4.78, 5) is 16.6. The molecule has 0 amide bonds. The van der Waals surface area contributed by atoms with Crippen molar-refractivity contribution in [2.45, 2.75) is 6.67 Å². The van der Waals surface area contributed by atoms with E-state index in [9.17, 15) is 0 Å². The maximum Gasteiger partial charge on any atom is 0.292 e. The van der Waals surface area contributed by atoms with E-state index in [1.54, 1.807) is 29.5 Å². The van der Waals surface area contributed by atoms with Crippen LogP contribution < -0.4 is 9.80 Å². The zero-order valence-electron chi connectivity index (χ0n) is 13.6. The van der Waals surface area contributed by atoms with Gasteiger partial charge < -0.3 is 14.2 Å². The van der Waals surface area contributed by atoms with E-state index in [1.807, 2.05) is 18.2 Å². The predicted octanol–water partition coefficient (Wildman–Crippen LogP) is 0.420. The molecule has 1 saturated heterocycles. The fourth-order valence-electron chi connectivity index (χ4n) is 2.86. The molecule has 0 spiro atoms. The van der Waals surface area contributed by atoms with Crippen LogP contribution in [0.2, 0.25) is 0 Å². The van der Waals surface area contributed by atoms with E-state index >= 15 is 0 Å². The second-order valence-corrected chi connectivity index (χ2v) is 6.20. The lowest BCUT2D eigenvalue weighted by Crippen LogP contribution is -3.14. The van der Waals surface area contributed by atoms with Crippen molar-refractivity contribution in [1.82, 2.24) is 24.7 Å². The molecule has 0 aromatic carbocycles. The minimum atomic E-state index is 0.396. The standard InChI is InChI=1S/C16H17N7OS/c25-16-23(20-14(24-16)13-2-6-17-7-3-13)12-21-8-10-22(11-9-21)15-18-4-1-5-19-15/h1-7H,8-12H2/p+1. The van der Waals surface area contributed by atoms with Crippen molar-refractivity contribution in [2.75, 3.05) is 31.1 Å². The van der Waals surface area contributed by atoms with Crippen LogP contribution in [0.5, 0.6) is 0 Å². The second kappa shape index (κ2) is 7.08. The van der Waals surface area contributed by atoms with Gasteiger partial charge in [-0.25, -0.2) is 9.97 Å². The van der Waals surface area contributed by atoms with Crippen LogP contribution in [0.25, 0.3) is 11.5 Å². The molecule has 3 aromatic heterocycles. The monoisotopic (exact) mass is 356 g/mol. The summed E-state index contributed by atoms with van der Waals surface area (Å²) in [7, 11) is 0. The third kappa shape index (κ3) is 3.57. The van der Waals surface area contributed by atoms with Crippen molar-refractivity contribution in [3.8, 4) is 11.5 Å². The minimum Gasteiger partial charge on any atom is -0.409 e. The van der Waals surface area contributed by atoms with Gasteiger partial charge in [0.05, 0.1) is 26.2 Å². The van der Waals surface area contributed by atoms with Crippen LogP contribution in [0, 0.1) is 4.84 Å². The van der Waals surface area contributed by atoms with Gasteiger partial charge in [-0.2, -0.15) is 4.68 Å². The Morgan fingerprint density at radius 2 is 1.80 bits per heavy atom. The fourth-order valence-corrected chi connectivity index (χ4v) is 3.05. The zero-order valence-corrected chi connectivity index (χ0v) is 14.4. The first-order valence-corrected chi connectivity index (χ1v) is 8.54. The van der Waals surface area contributed by atoms with Crippen LogP contribution in [0.4, 0.5) is 5.95 Å². The smallest absolute Gasteiger partial charge is 0.292 e. The summed E-state index contributed by atoms with van der Waals surface area (Å²) in [5.74, 6) is 1.32. The second-order valence-electron chi connectivity index (χ2n) is 5.85. The molecule has 0 saturated carbocycles. The molecule has 1 aliphatic rings. The van der Waals surface area contributed by atoms with Gasteiger partial charge in [0.2, 0.25) is 11.8 Å². The van der Waals surface area contributed by atoms with Gasteiger partial charge >= 0.3 is 0 Å². The van der Waals surface area contributed by atoms with Crippen molar-refractivity contribution < 1.29 is 9.32 Å². The highest BCUT2D eigenvalue weighted by atomic mass is 32.1. The third-order valence-electron chi connectivity index (χ3n) is 4.21. The molecule has 0 aliphatic carbocycles. The first-order chi connectivity index (χ1) is 12.3. The highest BCUT2D eigenvalue weighted by Crippen LogP contribution is 2.15. The fraction of sp³-hybridized carbons (Fsp3) is 0.312. The van der Waals surface area contributed by atoms with Gasteiger partial charge in [-0.3, -0.25) is 4.98 Å². The largest absolute Gasteiger partial charge is 0.409 e. The Kier molecular flexibility index (Phi) is 4.49. The highest BCUT2D eigenvalue weighted by molar-refractivity contribution is 7.71. The van der Waals surface area contributed by atoms with Gasteiger partial charge in [0.15, 0.2) is 6.67 Å². The average molecular weight is 356 g/mol. The molecule has 25 heavy (non-hydrogen) atoms. The molecule has 0 radical (unpaired) electrons. The summed E-state index contributed by atoms with van der Waals surface area (Å²) in [5, 5.41) is 4.51. The SMILES string of the molecule is S=c1oc(-c2ccncc2)nn1C[NH+]1CCN(c2ncccn2)CC1. The number of rotatable bonds is 4. The summed E-state index contributed by atoms with van der Waals surface area (Å²) in [6.45, 7) is 4.44. The van der Waals surface area contributed by atoms with Crippen molar-refractivity contribution in [1.29, 1.82) is 0 Å². The molecular weight excluding hydrogens is 338 g/mol. The summed E-state index contributed by atoms with van der Waals surface area (Å²) < 4.78 is 7.39. The lowest BCUT2D eigenvalue weighted by Gasteiger charge is -2.31. The van der Waals surface area contributed by atoms with Gasteiger partial charge in [0.1, 0.15) is 0 Å². The maximum atomic E-state index is 5.63. The molecule has 0 bridgehead atoms. The van der Waals surface area contributed by atoms with E-state index < -0.39 is 0 Å². The molecule has 0 unspecified atom stereocenters. The van der Waals surface area contributed by atoms with Crippen LogP contribution in [0.15, 0.2) is 47.4 Å². The van der Waals surface area contributed by atoms with Crippen LogP contribution in [-0.2, 0) is 6.67 Å². The molecular formula is C16H18N7OS+. The van der Waals surface area contributed by atoms with Crippen molar-refractivity contribution in [2.24, 2.45) is 0 Å². The van der Waals surface area contributed by atoms with E-state index in [0.29, 0.717) is 17.4 Å². The first-order valence-electron chi connectivity index (χ1n) is 8.13.